The van der Waals surface area contributed by atoms with E-state index in [1.807, 2.05) is 0 Å². The van der Waals surface area contributed by atoms with Crippen molar-refractivity contribution in [3.63, 3.8) is 0 Å². The molecule has 0 saturated heterocycles. The Morgan fingerprint density at radius 3 is 1.86 bits per heavy atom. The largest absolute Gasteiger partial charge is 1.00 e. The molecule has 0 aliphatic heterocycles. The maximum absolute atomic E-state index is 12.7. The maximum atomic E-state index is 12.7. The van der Waals surface area contributed by atoms with Gasteiger partial charge in [0.2, 0.25) is 0 Å². The first-order valence-electron chi connectivity index (χ1n) is 6.61. The van der Waals surface area contributed by atoms with Gasteiger partial charge in [-0.15, -0.1) is 0 Å². The molecule has 0 fully saturated rings. The van der Waals surface area contributed by atoms with Gasteiger partial charge in [-0.1, -0.05) is 11.6 Å². The molecule has 0 radical (unpaired) electrons. The van der Waals surface area contributed by atoms with Crippen LogP contribution in [0.5, 0.6) is 0 Å². The van der Waals surface area contributed by atoms with Crippen LogP contribution >= 0.6 is 11.6 Å². The Morgan fingerprint density at radius 2 is 1.36 bits per heavy atom. The van der Waals surface area contributed by atoms with E-state index in [4.69, 9.17) is 17.3 Å². The molecule has 0 aromatic heterocycles. The van der Waals surface area contributed by atoms with Crippen molar-refractivity contribution >= 4 is 49.1 Å². The number of nitrogens with two attached hydrogens (primary N) is 1. The normalized spacial score (nSPS) is 13.1. The predicted octanol–water partition coefficient (Wildman–Crippen LogP) is -5.49. The van der Waals surface area contributed by atoms with Gasteiger partial charge in [-0.3, -0.25) is 9.59 Å². The Hall–Kier alpha value is -0.310. The van der Waals surface area contributed by atoms with Crippen LogP contribution in [-0.4, -0.2) is 37.5 Å². The zero-order chi connectivity index (χ0) is 19.6. The summed E-state index contributed by atoms with van der Waals surface area (Å²) in [7, 11) is -9.97. The predicted molar refractivity (Wildman–Crippen MR) is 85.1 cm³/mol. The minimum absolute atomic E-state index is 0. The summed E-state index contributed by atoms with van der Waals surface area (Å²) in [6.45, 7) is 0. The summed E-state index contributed by atoms with van der Waals surface area (Å²) >= 11 is 5.87. The molecule has 0 atom stereocenters. The molecular formula is C14H6ClNNa2O8S2. The van der Waals surface area contributed by atoms with Gasteiger partial charge in [0.25, 0.3) is 0 Å². The molecule has 0 amide bonds. The summed E-state index contributed by atoms with van der Waals surface area (Å²) in [5.74, 6) is -1.87. The minimum Gasteiger partial charge on any atom is -0.744 e. The zero-order valence-corrected chi connectivity index (χ0v) is 20.7. The van der Waals surface area contributed by atoms with E-state index >= 15 is 0 Å². The number of nitrogen functional groups attached to an aromatic ring is 1. The van der Waals surface area contributed by atoms with E-state index in [1.165, 1.54) is 0 Å². The van der Waals surface area contributed by atoms with Crippen molar-refractivity contribution in [2.45, 2.75) is 9.79 Å². The van der Waals surface area contributed by atoms with E-state index < -0.39 is 69.0 Å². The molecule has 0 heterocycles. The van der Waals surface area contributed by atoms with Crippen molar-refractivity contribution < 1.29 is 94.6 Å². The number of hydrogen-bond donors (Lipinski definition) is 1. The summed E-state index contributed by atoms with van der Waals surface area (Å²) < 4.78 is 67.3. The molecule has 1 aliphatic rings. The number of benzene rings is 2. The Balaban J connectivity index is 0.00000196. The number of anilines is 1. The third kappa shape index (κ3) is 4.25. The van der Waals surface area contributed by atoms with Crippen molar-refractivity contribution in [1.82, 2.24) is 0 Å². The van der Waals surface area contributed by atoms with Crippen LogP contribution in [0.25, 0.3) is 0 Å². The van der Waals surface area contributed by atoms with Crippen LogP contribution in [0.2, 0.25) is 5.02 Å². The fourth-order valence-corrected chi connectivity index (χ4v) is 4.13. The molecule has 9 nitrogen and oxygen atoms in total. The molecule has 3 rings (SSSR count). The van der Waals surface area contributed by atoms with E-state index in [-0.39, 0.29) is 64.7 Å². The van der Waals surface area contributed by atoms with Gasteiger partial charge in [0, 0.05) is 11.1 Å². The number of carbonyl (C=O) groups is 2. The molecule has 0 unspecified atom stereocenters. The minimum atomic E-state index is -5.08. The fourth-order valence-electron chi connectivity index (χ4n) is 2.64. The van der Waals surface area contributed by atoms with Gasteiger partial charge in [0.05, 0.1) is 31.6 Å². The molecule has 2 aromatic carbocycles. The number of halogens is 1. The summed E-state index contributed by atoms with van der Waals surface area (Å²) in [5, 5.41) is -0.525. The molecule has 136 valence electrons. The molecule has 0 saturated carbocycles. The zero-order valence-electron chi connectivity index (χ0n) is 14.3. The standard InChI is InChI=1S/C14H8ClNO8S2.2Na/c15-8-4-9(26(22,23)24)12(16)11-10(8)14(18)7-3-5(25(19,20)21)1-2-6(7)13(11)17;;/h1-4H,16H2,(H,19,20,21)(H,22,23,24);;/q;2*+1/p-2. The first-order valence-corrected chi connectivity index (χ1v) is 9.80. The molecule has 14 heteroatoms. The maximum Gasteiger partial charge on any atom is 1.00 e. The number of hydrogen-bond acceptors (Lipinski definition) is 9. The average molecular weight is 462 g/mol. The monoisotopic (exact) mass is 461 g/mol. The van der Waals surface area contributed by atoms with Gasteiger partial charge in [-0.05, 0) is 24.3 Å². The fraction of sp³-hybridized carbons (Fsp3) is 0. The molecule has 2 N–H and O–H groups in total. The second-order valence-corrected chi connectivity index (χ2v) is 8.43. The Labute approximate surface area is 208 Å². The van der Waals surface area contributed by atoms with E-state index in [0.29, 0.717) is 6.07 Å². The van der Waals surface area contributed by atoms with Gasteiger partial charge in [0.15, 0.2) is 11.6 Å². The van der Waals surface area contributed by atoms with E-state index in [9.17, 15) is 35.5 Å². The van der Waals surface area contributed by atoms with Gasteiger partial charge < -0.3 is 14.8 Å². The summed E-state index contributed by atoms with van der Waals surface area (Å²) in [6, 6.07) is 3.12. The van der Waals surface area contributed by atoms with Crippen molar-refractivity contribution in [2.75, 3.05) is 5.73 Å². The number of carbonyl (C=O) groups excluding carboxylic acids is 2. The number of fused-ring (bicyclic) bond motifs is 2. The van der Waals surface area contributed by atoms with Crippen LogP contribution in [0, 0.1) is 0 Å². The topological polar surface area (TPSA) is 175 Å². The number of rotatable bonds is 2. The smallest absolute Gasteiger partial charge is 0.744 e. The van der Waals surface area contributed by atoms with Gasteiger partial charge in [-0.2, -0.15) is 0 Å². The van der Waals surface area contributed by atoms with Crippen LogP contribution in [-0.2, 0) is 20.2 Å². The molecule has 0 bridgehead atoms. The Morgan fingerprint density at radius 1 is 0.821 bits per heavy atom. The third-order valence-corrected chi connectivity index (χ3v) is 5.78. The van der Waals surface area contributed by atoms with E-state index in [1.54, 1.807) is 0 Å². The first kappa shape index (κ1) is 25.7. The molecule has 0 spiro atoms. The summed E-state index contributed by atoms with van der Waals surface area (Å²) in [6.07, 6.45) is 0. The molecule has 1 aliphatic carbocycles. The van der Waals surface area contributed by atoms with E-state index in [0.717, 1.165) is 18.2 Å². The van der Waals surface area contributed by atoms with Gasteiger partial charge >= 0.3 is 59.1 Å². The Bertz CT molecular complexity index is 1240. The molecule has 28 heavy (non-hydrogen) atoms. The van der Waals surface area contributed by atoms with Crippen molar-refractivity contribution in [1.29, 1.82) is 0 Å². The van der Waals surface area contributed by atoms with Crippen LogP contribution in [0.4, 0.5) is 5.69 Å². The van der Waals surface area contributed by atoms with Gasteiger partial charge in [-0.25, -0.2) is 16.8 Å². The van der Waals surface area contributed by atoms with Crippen LogP contribution < -0.4 is 64.8 Å². The second kappa shape index (κ2) is 8.44. The van der Waals surface area contributed by atoms with Gasteiger partial charge in [0.1, 0.15) is 20.2 Å². The third-order valence-electron chi connectivity index (χ3n) is 3.77. The first-order chi connectivity index (χ1) is 11.8. The van der Waals surface area contributed by atoms with Crippen LogP contribution in [0.1, 0.15) is 31.8 Å². The van der Waals surface area contributed by atoms with Crippen molar-refractivity contribution in [2.24, 2.45) is 0 Å². The second-order valence-electron chi connectivity index (χ2n) is 5.29. The quantitative estimate of drug-likeness (QED) is 0.222. The number of ketones is 2. The van der Waals surface area contributed by atoms with Crippen LogP contribution in [0.15, 0.2) is 34.1 Å². The molecule has 2 aromatic rings. The Kier molecular flexibility index (Phi) is 7.75. The van der Waals surface area contributed by atoms with E-state index in [2.05, 4.69) is 0 Å². The van der Waals surface area contributed by atoms with Crippen LogP contribution in [0.3, 0.4) is 0 Å². The average Bonchev–Trinajstić information content (AvgIpc) is 2.51. The summed E-state index contributed by atoms with van der Waals surface area (Å²) in [5.41, 5.74) is 3.12. The summed E-state index contributed by atoms with van der Waals surface area (Å²) in [4.78, 5) is 23.6. The molecular weight excluding hydrogens is 456 g/mol. The van der Waals surface area contributed by atoms with Crippen molar-refractivity contribution in [3.05, 3.63) is 51.5 Å². The SMILES string of the molecule is Nc1c(S(=O)(=O)[O-])cc(Cl)c2c1C(=O)c1ccc(S(=O)(=O)[O-])cc1C2=O.[Na+].[Na+]. The van der Waals surface area contributed by atoms with Crippen molar-refractivity contribution in [3.8, 4) is 0 Å².